The molecule has 0 radical (unpaired) electrons. The van der Waals surface area contributed by atoms with Gasteiger partial charge >= 0.3 is 0 Å². The number of anilines is 1. The zero-order chi connectivity index (χ0) is 14.8. The minimum Gasteiger partial charge on any atom is -0.278 e. The summed E-state index contributed by atoms with van der Waals surface area (Å²) < 4.78 is 16.2. The van der Waals surface area contributed by atoms with Gasteiger partial charge in [0, 0.05) is 24.3 Å². The third kappa shape index (κ3) is 2.69. The summed E-state index contributed by atoms with van der Waals surface area (Å²) in [6.07, 6.45) is 5.86. The number of para-hydroxylation sites is 1. The molecule has 0 aliphatic carbocycles. The van der Waals surface area contributed by atoms with Crippen LogP contribution in [0.4, 0.5) is 10.1 Å². The summed E-state index contributed by atoms with van der Waals surface area (Å²) in [6, 6.07) is 9.90. The number of hydrogen-bond donors (Lipinski definition) is 0. The fourth-order valence-corrected chi connectivity index (χ4v) is 2.66. The molecule has 3 aromatic rings. The molecule has 0 atom stereocenters. The molecule has 0 bridgehead atoms. The largest absolute Gasteiger partial charge is 0.278 e. The van der Waals surface area contributed by atoms with E-state index < -0.39 is 0 Å². The van der Waals surface area contributed by atoms with E-state index in [1.165, 1.54) is 17.1 Å². The van der Waals surface area contributed by atoms with Crippen molar-refractivity contribution in [1.82, 2.24) is 9.66 Å². The number of nitrogens with zero attached hydrogens (tertiary/aromatic N) is 3. The third-order valence-corrected chi connectivity index (χ3v) is 3.62. The first kappa shape index (κ1) is 16.0. The summed E-state index contributed by atoms with van der Waals surface area (Å²) in [4.78, 5) is 3.84. The van der Waals surface area contributed by atoms with Crippen LogP contribution in [0.5, 0.6) is 0 Å². The number of benzene rings is 1. The second-order valence-corrected chi connectivity index (χ2v) is 5.12. The lowest BCUT2D eigenvalue weighted by atomic mass is 10.2. The van der Waals surface area contributed by atoms with E-state index in [4.69, 9.17) is 0 Å². The van der Waals surface area contributed by atoms with Crippen molar-refractivity contribution >= 4 is 16.6 Å². The topological polar surface area (TPSA) is 21.1 Å². The summed E-state index contributed by atoms with van der Waals surface area (Å²) in [5, 5.41) is 3.15. The van der Waals surface area contributed by atoms with Gasteiger partial charge in [0.25, 0.3) is 0 Å². The minimum absolute atomic E-state index is 0. The highest BCUT2D eigenvalue weighted by Crippen LogP contribution is 2.26. The van der Waals surface area contributed by atoms with Gasteiger partial charge < -0.3 is 0 Å². The molecule has 0 amide bonds. The van der Waals surface area contributed by atoms with Gasteiger partial charge in [-0.1, -0.05) is 32.5 Å². The van der Waals surface area contributed by atoms with E-state index in [2.05, 4.69) is 37.2 Å². The van der Waals surface area contributed by atoms with E-state index in [1.807, 2.05) is 21.8 Å². The lowest BCUT2D eigenvalue weighted by molar-refractivity contribution is 0.596. The Labute approximate surface area is 131 Å². The average molecular weight is 299 g/mol. The van der Waals surface area contributed by atoms with Gasteiger partial charge in [-0.15, -0.1) is 0 Å². The Balaban J connectivity index is 0.00000176. The van der Waals surface area contributed by atoms with Gasteiger partial charge in [-0.05, 0) is 31.0 Å². The third-order valence-electron chi connectivity index (χ3n) is 3.62. The second-order valence-electron chi connectivity index (χ2n) is 5.12. The highest BCUT2D eigenvalue weighted by Gasteiger charge is 2.15. The zero-order valence-corrected chi connectivity index (χ0v) is 12.3. The molecule has 0 fully saturated rings. The fraction of sp³-hybridized carbons (Fsp3) is 0.278. The van der Waals surface area contributed by atoms with Crippen LogP contribution < -0.4 is 5.01 Å². The molecule has 0 unspecified atom stereocenters. The van der Waals surface area contributed by atoms with Crippen molar-refractivity contribution in [3.05, 3.63) is 60.3 Å². The second kappa shape index (κ2) is 6.60. The molecule has 3 nitrogen and oxygen atoms in total. The molecular weight excluding hydrogens is 277 g/mol. The van der Waals surface area contributed by atoms with Gasteiger partial charge in [0.2, 0.25) is 0 Å². The number of hydrogen-bond acceptors (Lipinski definition) is 2. The van der Waals surface area contributed by atoms with Crippen LogP contribution in [-0.4, -0.2) is 16.2 Å². The van der Waals surface area contributed by atoms with Gasteiger partial charge in [-0.25, -0.2) is 4.39 Å². The molecule has 116 valence electrons. The highest BCUT2D eigenvalue weighted by atomic mass is 19.1. The molecule has 2 heterocycles. The van der Waals surface area contributed by atoms with Gasteiger partial charge in [0.05, 0.1) is 17.4 Å². The predicted molar refractivity (Wildman–Crippen MR) is 90.6 cm³/mol. The first-order valence-electron chi connectivity index (χ1n) is 7.16. The van der Waals surface area contributed by atoms with Gasteiger partial charge in [0.1, 0.15) is 0 Å². The number of halogens is 1. The van der Waals surface area contributed by atoms with Crippen LogP contribution in [-0.2, 0) is 0 Å². The minimum atomic E-state index is -0.304. The Morgan fingerprint density at radius 1 is 1.23 bits per heavy atom. The van der Waals surface area contributed by atoms with E-state index >= 15 is 0 Å². The van der Waals surface area contributed by atoms with Crippen LogP contribution in [0.3, 0.4) is 0 Å². The van der Waals surface area contributed by atoms with Crippen LogP contribution in [0.1, 0.15) is 26.3 Å². The normalized spacial score (nSPS) is 10.5. The van der Waals surface area contributed by atoms with E-state index in [0.29, 0.717) is 5.69 Å². The molecule has 0 aliphatic heterocycles. The van der Waals surface area contributed by atoms with Crippen molar-refractivity contribution in [2.24, 2.45) is 0 Å². The molecular formula is C18H22FN3. The summed E-state index contributed by atoms with van der Waals surface area (Å²) in [7, 11) is 0. The van der Waals surface area contributed by atoms with Gasteiger partial charge in [-0.3, -0.25) is 14.7 Å². The maximum absolute atomic E-state index is 14.1. The van der Waals surface area contributed by atoms with E-state index in [-0.39, 0.29) is 13.2 Å². The van der Waals surface area contributed by atoms with Gasteiger partial charge in [-0.2, -0.15) is 0 Å². The van der Waals surface area contributed by atoms with Crippen LogP contribution in [0.25, 0.3) is 10.9 Å². The summed E-state index contributed by atoms with van der Waals surface area (Å²) in [5.74, 6) is -0.304. The smallest absolute Gasteiger partial charge is 0.166 e. The van der Waals surface area contributed by atoms with Crippen molar-refractivity contribution in [2.45, 2.75) is 27.7 Å². The maximum atomic E-state index is 14.1. The van der Waals surface area contributed by atoms with E-state index in [9.17, 15) is 4.39 Å². The standard InChI is InChI=1S/C17H18FN3.CH4/c1-3-10-20(17-8-9-19-11-15(17)18)21-12-13(2)14-6-4-5-7-16(14)21;/h4-9,11-12H,3,10H2,1-2H3;1H4. The molecule has 0 aliphatic rings. The van der Waals surface area contributed by atoms with E-state index in [1.54, 1.807) is 12.3 Å². The molecule has 4 heteroatoms. The van der Waals surface area contributed by atoms with Crippen LogP contribution >= 0.6 is 0 Å². The monoisotopic (exact) mass is 299 g/mol. The van der Waals surface area contributed by atoms with Gasteiger partial charge in [0.15, 0.2) is 5.82 Å². The summed E-state index contributed by atoms with van der Waals surface area (Å²) in [5.41, 5.74) is 2.81. The summed E-state index contributed by atoms with van der Waals surface area (Å²) >= 11 is 0. The molecule has 0 spiro atoms. The predicted octanol–water partition coefficient (Wildman–Crippen LogP) is 4.80. The Kier molecular flexibility index (Phi) is 4.81. The Hall–Kier alpha value is -2.36. The molecule has 0 saturated heterocycles. The SMILES string of the molecule is C.CCCN(c1ccncc1F)n1cc(C)c2ccccc21. The van der Waals surface area contributed by atoms with Crippen molar-refractivity contribution in [3.8, 4) is 0 Å². The number of aryl methyl sites for hydroxylation is 1. The maximum Gasteiger partial charge on any atom is 0.166 e. The van der Waals surface area contributed by atoms with E-state index in [0.717, 1.165) is 18.5 Å². The quantitative estimate of drug-likeness (QED) is 0.690. The Morgan fingerprint density at radius 3 is 2.73 bits per heavy atom. The first-order valence-corrected chi connectivity index (χ1v) is 7.16. The average Bonchev–Trinajstić information content (AvgIpc) is 2.83. The Bertz CT molecular complexity index is 764. The highest BCUT2D eigenvalue weighted by molar-refractivity contribution is 5.84. The van der Waals surface area contributed by atoms with Crippen molar-refractivity contribution in [3.63, 3.8) is 0 Å². The molecule has 3 rings (SSSR count). The van der Waals surface area contributed by atoms with Crippen LogP contribution in [0.2, 0.25) is 0 Å². The number of pyridine rings is 1. The zero-order valence-electron chi connectivity index (χ0n) is 12.3. The van der Waals surface area contributed by atoms with Crippen molar-refractivity contribution in [2.75, 3.05) is 11.6 Å². The summed E-state index contributed by atoms with van der Waals surface area (Å²) in [6.45, 7) is 4.90. The van der Waals surface area contributed by atoms with Crippen LogP contribution in [0, 0.1) is 12.7 Å². The first-order chi connectivity index (χ1) is 10.2. The Morgan fingerprint density at radius 2 is 2.00 bits per heavy atom. The number of aromatic nitrogens is 2. The lowest BCUT2D eigenvalue weighted by Gasteiger charge is -2.26. The number of rotatable bonds is 4. The molecule has 0 N–H and O–H groups in total. The molecule has 1 aromatic carbocycles. The fourth-order valence-electron chi connectivity index (χ4n) is 2.66. The molecule has 0 saturated carbocycles. The number of fused-ring (bicyclic) bond motifs is 1. The van der Waals surface area contributed by atoms with Crippen molar-refractivity contribution < 1.29 is 4.39 Å². The van der Waals surface area contributed by atoms with Crippen LogP contribution in [0.15, 0.2) is 48.9 Å². The molecule has 2 aromatic heterocycles. The van der Waals surface area contributed by atoms with Crippen molar-refractivity contribution in [1.29, 1.82) is 0 Å². The lowest BCUT2D eigenvalue weighted by Crippen LogP contribution is -2.30. The molecule has 22 heavy (non-hydrogen) atoms.